The summed E-state index contributed by atoms with van der Waals surface area (Å²) in [4.78, 5) is 2.36. The lowest BCUT2D eigenvalue weighted by molar-refractivity contribution is 0.586. The molecule has 0 aliphatic carbocycles. The summed E-state index contributed by atoms with van der Waals surface area (Å²) < 4.78 is 0. The molecule has 0 radical (unpaired) electrons. The van der Waals surface area contributed by atoms with Gasteiger partial charge in [0.05, 0.1) is 16.3 Å². The Kier molecular flexibility index (Phi) is 17.5. The second-order valence-corrected chi connectivity index (χ2v) is 11.2. The Hall–Kier alpha value is -0.480. The van der Waals surface area contributed by atoms with E-state index >= 15 is 0 Å². The number of unbranched alkanes of at least 4 members (excludes halogenated alkanes) is 14. The molecule has 1 aromatic rings. The number of anilines is 2. The van der Waals surface area contributed by atoms with Crippen LogP contribution in [0.25, 0.3) is 0 Å². The van der Waals surface area contributed by atoms with Gasteiger partial charge in [0, 0.05) is 4.90 Å². The molecule has 1 aromatic carbocycles. The van der Waals surface area contributed by atoms with Crippen molar-refractivity contribution in [1.82, 2.24) is 0 Å². The monoisotopic (exact) mass is 466 g/mol. The molecule has 0 aliphatic rings. The molecule has 4 N–H and O–H groups in total. The Morgan fingerprint density at radius 1 is 0.581 bits per heavy atom. The molecule has 0 heterocycles. The van der Waals surface area contributed by atoms with Crippen molar-refractivity contribution >= 4 is 34.9 Å². The molecule has 2 nitrogen and oxygen atoms in total. The van der Waals surface area contributed by atoms with Gasteiger partial charge in [-0.25, -0.2) is 0 Å². The van der Waals surface area contributed by atoms with Crippen molar-refractivity contribution in [2.75, 3.05) is 23.0 Å². The molecule has 0 saturated carbocycles. The molecule has 0 bridgehead atoms. The van der Waals surface area contributed by atoms with Gasteiger partial charge in [0.15, 0.2) is 0 Å². The third kappa shape index (κ3) is 13.0. The van der Waals surface area contributed by atoms with E-state index < -0.39 is 0 Å². The van der Waals surface area contributed by atoms with Gasteiger partial charge in [0.1, 0.15) is 0 Å². The predicted octanol–water partition coefficient (Wildman–Crippen LogP) is 9.63. The summed E-state index contributed by atoms with van der Waals surface area (Å²) in [5, 5.41) is 0. The van der Waals surface area contributed by atoms with E-state index in [2.05, 4.69) is 26.8 Å². The molecule has 1 rings (SSSR count). The number of hydrogen-bond acceptors (Lipinski definition) is 4. The number of rotatable bonds is 20. The zero-order valence-electron chi connectivity index (χ0n) is 20.8. The third-order valence-corrected chi connectivity index (χ3v) is 8.39. The smallest absolute Gasteiger partial charge is 0.0611 e. The SMILES string of the molecule is CCCCCCCCCCSc1cc(C)c(N)c(SCCCCCCCCCC)c1N. The van der Waals surface area contributed by atoms with E-state index in [0.29, 0.717) is 0 Å². The van der Waals surface area contributed by atoms with Crippen molar-refractivity contribution in [2.24, 2.45) is 0 Å². The second-order valence-electron chi connectivity index (χ2n) is 8.99. The van der Waals surface area contributed by atoms with Crippen LogP contribution in [0.15, 0.2) is 15.9 Å². The first-order valence-corrected chi connectivity index (χ1v) is 15.0. The van der Waals surface area contributed by atoms with Crippen LogP contribution in [0, 0.1) is 6.92 Å². The molecule has 0 atom stereocenters. The van der Waals surface area contributed by atoms with Gasteiger partial charge in [-0.15, -0.1) is 23.5 Å². The average Bonchev–Trinajstić information content (AvgIpc) is 2.76. The highest BCUT2D eigenvalue weighted by Crippen LogP contribution is 2.40. The maximum Gasteiger partial charge on any atom is 0.0611 e. The first-order valence-electron chi connectivity index (χ1n) is 13.1. The normalized spacial score (nSPS) is 11.3. The zero-order valence-corrected chi connectivity index (χ0v) is 22.4. The number of hydrogen-bond donors (Lipinski definition) is 2. The lowest BCUT2D eigenvalue weighted by Crippen LogP contribution is -2.01. The Morgan fingerprint density at radius 2 is 1.00 bits per heavy atom. The highest BCUT2D eigenvalue weighted by molar-refractivity contribution is 8.00. The van der Waals surface area contributed by atoms with E-state index in [1.165, 1.54) is 113 Å². The summed E-state index contributed by atoms with van der Waals surface area (Å²) in [5.74, 6) is 2.28. The summed E-state index contributed by atoms with van der Waals surface area (Å²) in [6, 6.07) is 2.19. The molecule has 0 fully saturated rings. The summed E-state index contributed by atoms with van der Waals surface area (Å²) in [6.45, 7) is 6.68. The van der Waals surface area contributed by atoms with Crippen molar-refractivity contribution in [2.45, 2.75) is 133 Å². The average molecular weight is 467 g/mol. The molecule has 0 saturated heterocycles. The van der Waals surface area contributed by atoms with Crippen LogP contribution in [-0.4, -0.2) is 11.5 Å². The molecule has 4 heteroatoms. The fourth-order valence-corrected chi connectivity index (χ4v) is 6.18. The molecular formula is C27H50N2S2. The van der Waals surface area contributed by atoms with Crippen LogP contribution in [0.1, 0.15) is 122 Å². The van der Waals surface area contributed by atoms with Crippen LogP contribution in [0.3, 0.4) is 0 Å². The molecular weight excluding hydrogens is 416 g/mol. The minimum absolute atomic E-state index is 0.887. The van der Waals surface area contributed by atoms with E-state index in [1.807, 2.05) is 23.5 Å². The molecule has 0 amide bonds. The van der Waals surface area contributed by atoms with Crippen LogP contribution in [0.4, 0.5) is 11.4 Å². The van der Waals surface area contributed by atoms with E-state index in [0.717, 1.165) is 27.8 Å². The summed E-state index contributed by atoms with van der Waals surface area (Å²) >= 11 is 3.79. The third-order valence-electron chi connectivity index (χ3n) is 6.03. The van der Waals surface area contributed by atoms with Crippen LogP contribution in [-0.2, 0) is 0 Å². The van der Waals surface area contributed by atoms with Crippen molar-refractivity contribution in [3.63, 3.8) is 0 Å². The number of aryl methyl sites for hydroxylation is 1. The molecule has 0 unspecified atom stereocenters. The van der Waals surface area contributed by atoms with Crippen LogP contribution >= 0.6 is 23.5 Å². The second kappa shape index (κ2) is 19.0. The minimum Gasteiger partial charge on any atom is -0.398 e. The fraction of sp³-hybridized carbons (Fsp3) is 0.778. The lowest BCUT2D eigenvalue weighted by Gasteiger charge is -2.16. The van der Waals surface area contributed by atoms with Gasteiger partial charge >= 0.3 is 0 Å². The van der Waals surface area contributed by atoms with E-state index in [1.54, 1.807) is 0 Å². The summed E-state index contributed by atoms with van der Waals surface area (Å²) in [7, 11) is 0. The van der Waals surface area contributed by atoms with E-state index in [-0.39, 0.29) is 0 Å². The van der Waals surface area contributed by atoms with Crippen molar-refractivity contribution in [3.05, 3.63) is 11.6 Å². The number of nitrogen functional groups attached to an aromatic ring is 2. The Morgan fingerprint density at radius 3 is 1.48 bits per heavy atom. The van der Waals surface area contributed by atoms with Crippen LogP contribution in [0.5, 0.6) is 0 Å². The Bertz CT molecular complexity index is 575. The molecule has 31 heavy (non-hydrogen) atoms. The van der Waals surface area contributed by atoms with Gasteiger partial charge in [0.25, 0.3) is 0 Å². The Labute approximate surface area is 202 Å². The zero-order chi connectivity index (χ0) is 22.7. The van der Waals surface area contributed by atoms with Gasteiger partial charge in [-0.2, -0.15) is 0 Å². The van der Waals surface area contributed by atoms with Crippen LogP contribution < -0.4 is 11.5 Å². The van der Waals surface area contributed by atoms with Crippen molar-refractivity contribution in [1.29, 1.82) is 0 Å². The Balaban J connectivity index is 2.31. The van der Waals surface area contributed by atoms with Crippen LogP contribution in [0.2, 0.25) is 0 Å². The van der Waals surface area contributed by atoms with E-state index in [9.17, 15) is 0 Å². The maximum absolute atomic E-state index is 6.55. The number of thioether (sulfide) groups is 2. The maximum atomic E-state index is 6.55. The van der Waals surface area contributed by atoms with Gasteiger partial charge in [-0.1, -0.05) is 104 Å². The van der Waals surface area contributed by atoms with Crippen molar-refractivity contribution < 1.29 is 0 Å². The predicted molar refractivity (Wildman–Crippen MR) is 147 cm³/mol. The standard InChI is InChI=1S/C27H50N2S2/c1-4-6-8-10-12-14-16-18-20-30-24-22-23(3)25(28)27(26(24)29)31-21-19-17-15-13-11-9-7-5-2/h22H,4-21,28-29H2,1-3H3. The first-order chi connectivity index (χ1) is 15.1. The molecule has 0 aromatic heterocycles. The highest BCUT2D eigenvalue weighted by atomic mass is 32.2. The largest absolute Gasteiger partial charge is 0.398 e. The van der Waals surface area contributed by atoms with E-state index in [4.69, 9.17) is 11.5 Å². The van der Waals surface area contributed by atoms with Crippen molar-refractivity contribution in [3.8, 4) is 0 Å². The summed E-state index contributed by atoms with van der Waals surface area (Å²) in [5.41, 5.74) is 15.9. The van der Waals surface area contributed by atoms with Gasteiger partial charge in [-0.05, 0) is 42.9 Å². The molecule has 0 spiro atoms. The van der Waals surface area contributed by atoms with Gasteiger partial charge in [-0.3, -0.25) is 0 Å². The number of nitrogens with two attached hydrogens (primary N) is 2. The molecule has 0 aliphatic heterocycles. The number of benzene rings is 1. The van der Waals surface area contributed by atoms with Gasteiger partial charge in [0.2, 0.25) is 0 Å². The lowest BCUT2D eigenvalue weighted by atomic mass is 10.1. The molecule has 180 valence electrons. The topological polar surface area (TPSA) is 52.0 Å². The highest BCUT2D eigenvalue weighted by Gasteiger charge is 2.13. The van der Waals surface area contributed by atoms with Gasteiger partial charge < -0.3 is 11.5 Å². The summed E-state index contributed by atoms with van der Waals surface area (Å²) in [6.07, 6.45) is 21.8. The first kappa shape index (κ1) is 28.6. The minimum atomic E-state index is 0.887. The quantitative estimate of drug-likeness (QED) is 0.114. The fourth-order valence-electron chi connectivity index (χ4n) is 3.89.